The average Bonchev–Trinajstić information content (AvgIpc) is 2.33. The normalized spacial score (nSPS) is 12.5. The minimum absolute atomic E-state index is 0.289. The van der Waals surface area contributed by atoms with Crippen molar-refractivity contribution in [1.29, 1.82) is 0 Å². The fourth-order valence-corrected chi connectivity index (χ4v) is 2.22. The van der Waals surface area contributed by atoms with Crippen LogP contribution < -0.4 is 0 Å². The Morgan fingerprint density at radius 3 is 2.47 bits per heavy atom. The van der Waals surface area contributed by atoms with Gasteiger partial charge in [-0.3, -0.25) is 0 Å². The van der Waals surface area contributed by atoms with Gasteiger partial charge in [0.2, 0.25) is 0 Å². The van der Waals surface area contributed by atoms with Crippen molar-refractivity contribution >= 4 is 23.2 Å². The minimum Gasteiger partial charge on any atom is -0.388 e. The van der Waals surface area contributed by atoms with Gasteiger partial charge in [0.25, 0.3) is 0 Å². The number of rotatable bonds is 3. The van der Waals surface area contributed by atoms with E-state index in [1.807, 2.05) is 0 Å². The monoisotopic (exact) mass is 298 g/mol. The molecule has 0 aliphatic rings. The van der Waals surface area contributed by atoms with E-state index in [1.54, 1.807) is 37.3 Å². The van der Waals surface area contributed by atoms with Crippen LogP contribution in [0.1, 0.15) is 22.8 Å². The third-order valence-corrected chi connectivity index (χ3v) is 3.67. The average molecular weight is 299 g/mol. The Hall–Kier alpha value is -1.09. The van der Waals surface area contributed by atoms with Gasteiger partial charge >= 0.3 is 0 Å². The number of hydrogen-bond donors (Lipinski definition) is 1. The molecule has 0 aromatic heterocycles. The summed E-state index contributed by atoms with van der Waals surface area (Å²) >= 11 is 11.7. The van der Waals surface area contributed by atoms with E-state index in [1.165, 1.54) is 6.07 Å². The largest absolute Gasteiger partial charge is 0.388 e. The van der Waals surface area contributed by atoms with Crippen LogP contribution in [-0.4, -0.2) is 5.11 Å². The standard InChI is InChI=1S/C15H13Cl2FO/c1-9-2-4-11(14(18)6-9)15(19)8-10-3-5-12(16)13(17)7-10/h2-7,15,19H,8H2,1H3. The molecule has 0 amide bonds. The van der Waals surface area contributed by atoms with Gasteiger partial charge in [0.05, 0.1) is 16.1 Å². The molecule has 1 N–H and O–H groups in total. The number of hydrogen-bond acceptors (Lipinski definition) is 1. The van der Waals surface area contributed by atoms with Gasteiger partial charge in [-0.05, 0) is 36.2 Å². The maximum absolute atomic E-state index is 13.7. The molecule has 0 spiro atoms. The molecule has 2 aromatic carbocycles. The molecule has 19 heavy (non-hydrogen) atoms. The topological polar surface area (TPSA) is 20.2 Å². The third-order valence-electron chi connectivity index (χ3n) is 2.93. The smallest absolute Gasteiger partial charge is 0.129 e. The van der Waals surface area contributed by atoms with E-state index >= 15 is 0 Å². The summed E-state index contributed by atoms with van der Waals surface area (Å²) in [6, 6.07) is 9.90. The van der Waals surface area contributed by atoms with Crippen molar-refractivity contribution in [1.82, 2.24) is 0 Å². The minimum atomic E-state index is -0.905. The van der Waals surface area contributed by atoms with Crippen molar-refractivity contribution < 1.29 is 9.50 Å². The quantitative estimate of drug-likeness (QED) is 0.869. The van der Waals surface area contributed by atoms with Crippen LogP contribution in [0, 0.1) is 12.7 Å². The molecule has 0 saturated heterocycles. The molecule has 0 bridgehead atoms. The first-order chi connectivity index (χ1) is 8.97. The maximum Gasteiger partial charge on any atom is 0.129 e. The third kappa shape index (κ3) is 3.47. The summed E-state index contributed by atoms with van der Waals surface area (Å²) in [4.78, 5) is 0. The lowest BCUT2D eigenvalue weighted by Crippen LogP contribution is -2.04. The molecule has 0 fully saturated rings. The van der Waals surface area contributed by atoms with Crippen LogP contribution in [0.5, 0.6) is 0 Å². The van der Waals surface area contributed by atoms with Gasteiger partial charge in [0.1, 0.15) is 5.82 Å². The molecule has 4 heteroatoms. The van der Waals surface area contributed by atoms with E-state index in [2.05, 4.69) is 0 Å². The Morgan fingerprint density at radius 1 is 1.11 bits per heavy atom. The fraction of sp³-hybridized carbons (Fsp3) is 0.200. The lowest BCUT2D eigenvalue weighted by Gasteiger charge is -2.13. The first kappa shape index (κ1) is 14.3. The van der Waals surface area contributed by atoms with Crippen LogP contribution in [0.2, 0.25) is 10.0 Å². The SMILES string of the molecule is Cc1ccc(C(O)Cc2ccc(Cl)c(Cl)c2)c(F)c1. The van der Waals surface area contributed by atoms with Crippen LogP contribution >= 0.6 is 23.2 Å². The van der Waals surface area contributed by atoms with Crippen molar-refractivity contribution in [2.45, 2.75) is 19.4 Å². The lowest BCUT2D eigenvalue weighted by atomic mass is 10.00. The molecule has 0 aliphatic carbocycles. The molecule has 2 rings (SSSR count). The molecule has 0 heterocycles. The highest BCUT2D eigenvalue weighted by Gasteiger charge is 2.14. The van der Waals surface area contributed by atoms with Gasteiger partial charge in [-0.15, -0.1) is 0 Å². The van der Waals surface area contributed by atoms with Gasteiger partial charge in [0.15, 0.2) is 0 Å². The summed E-state index contributed by atoms with van der Waals surface area (Å²) in [5.74, 6) is -0.396. The second-order valence-corrected chi connectivity index (χ2v) is 5.31. The summed E-state index contributed by atoms with van der Waals surface area (Å²) in [7, 11) is 0. The van der Waals surface area contributed by atoms with E-state index in [-0.39, 0.29) is 12.0 Å². The van der Waals surface area contributed by atoms with Crippen molar-refractivity contribution in [3.05, 3.63) is 69.0 Å². The van der Waals surface area contributed by atoms with Gasteiger partial charge in [-0.25, -0.2) is 4.39 Å². The van der Waals surface area contributed by atoms with Crippen molar-refractivity contribution in [3.63, 3.8) is 0 Å². The van der Waals surface area contributed by atoms with Crippen molar-refractivity contribution in [3.8, 4) is 0 Å². The van der Waals surface area contributed by atoms with Crippen LogP contribution in [-0.2, 0) is 6.42 Å². The highest BCUT2D eigenvalue weighted by atomic mass is 35.5. The molecule has 0 saturated carbocycles. The van der Waals surface area contributed by atoms with Gasteiger partial charge < -0.3 is 5.11 Å². The zero-order valence-corrected chi connectivity index (χ0v) is 11.8. The number of halogens is 3. The zero-order valence-electron chi connectivity index (χ0n) is 10.3. The Morgan fingerprint density at radius 2 is 1.84 bits per heavy atom. The molecule has 1 nitrogen and oxygen atoms in total. The number of benzene rings is 2. The first-order valence-electron chi connectivity index (χ1n) is 5.85. The predicted molar refractivity (Wildman–Crippen MR) is 76.3 cm³/mol. The summed E-state index contributed by atoms with van der Waals surface area (Å²) < 4.78 is 13.7. The van der Waals surface area contributed by atoms with Gasteiger partial charge in [-0.1, -0.05) is 41.4 Å². The Labute approximate surface area is 121 Å². The van der Waals surface area contributed by atoms with E-state index in [4.69, 9.17) is 23.2 Å². The molecule has 0 radical (unpaired) electrons. The summed E-state index contributed by atoms with van der Waals surface area (Å²) in [6.45, 7) is 1.80. The number of aliphatic hydroxyl groups excluding tert-OH is 1. The fourth-order valence-electron chi connectivity index (χ4n) is 1.90. The maximum atomic E-state index is 13.7. The van der Waals surface area contributed by atoms with Gasteiger partial charge in [-0.2, -0.15) is 0 Å². The predicted octanol–water partition coefficient (Wildman–Crippen LogP) is 4.72. The second-order valence-electron chi connectivity index (χ2n) is 4.49. The van der Waals surface area contributed by atoms with Crippen LogP contribution in [0.25, 0.3) is 0 Å². The van der Waals surface area contributed by atoms with E-state index < -0.39 is 11.9 Å². The molecule has 2 aromatic rings. The van der Waals surface area contributed by atoms with Crippen LogP contribution in [0.4, 0.5) is 4.39 Å². The van der Waals surface area contributed by atoms with Crippen molar-refractivity contribution in [2.75, 3.05) is 0 Å². The van der Waals surface area contributed by atoms with Crippen LogP contribution in [0.15, 0.2) is 36.4 Å². The summed E-state index contributed by atoms with van der Waals surface area (Å²) in [6.07, 6.45) is -0.616. The Balaban J connectivity index is 2.20. The number of aliphatic hydroxyl groups is 1. The van der Waals surface area contributed by atoms with Crippen LogP contribution in [0.3, 0.4) is 0 Å². The summed E-state index contributed by atoms with van der Waals surface area (Å²) in [5, 5.41) is 11.0. The highest BCUT2D eigenvalue weighted by Crippen LogP contribution is 2.26. The second kappa shape index (κ2) is 5.91. The molecular weight excluding hydrogens is 286 g/mol. The number of aryl methyl sites for hydroxylation is 1. The molecule has 1 atom stereocenters. The van der Waals surface area contributed by atoms with Gasteiger partial charge in [0, 0.05) is 12.0 Å². The van der Waals surface area contributed by atoms with Crippen molar-refractivity contribution in [2.24, 2.45) is 0 Å². The summed E-state index contributed by atoms with van der Waals surface area (Å²) in [5.41, 5.74) is 1.92. The molecule has 100 valence electrons. The molecule has 0 aliphatic heterocycles. The van der Waals surface area contributed by atoms with E-state index in [0.29, 0.717) is 10.0 Å². The Bertz CT molecular complexity index is 599. The molecule has 1 unspecified atom stereocenters. The van der Waals surface area contributed by atoms with E-state index in [9.17, 15) is 9.50 Å². The van der Waals surface area contributed by atoms with E-state index in [0.717, 1.165) is 11.1 Å². The zero-order chi connectivity index (χ0) is 14.0. The lowest BCUT2D eigenvalue weighted by molar-refractivity contribution is 0.173. The molecular formula is C15H13Cl2FO. The Kier molecular flexibility index (Phi) is 4.46. The first-order valence-corrected chi connectivity index (χ1v) is 6.61. The highest BCUT2D eigenvalue weighted by molar-refractivity contribution is 6.42.